The van der Waals surface area contributed by atoms with Crippen molar-refractivity contribution >= 4 is 12.1 Å². The maximum absolute atomic E-state index is 13.5. The van der Waals surface area contributed by atoms with E-state index in [1.165, 1.54) is 25.9 Å². The predicted octanol–water partition coefficient (Wildman–Crippen LogP) is 6.57. The number of hydrogen-bond donors (Lipinski definition) is 2. The minimum atomic E-state index is -1.29. The van der Waals surface area contributed by atoms with E-state index in [0.717, 1.165) is 35.7 Å². The van der Waals surface area contributed by atoms with Crippen LogP contribution in [-0.2, 0) is 19.0 Å². The summed E-state index contributed by atoms with van der Waals surface area (Å²) in [5.41, 5.74) is -0.373. The topological polar surface area (TPSA) is 109 Å². The molecule has 9 heteroatoms. The molecule has 9 nitrogen and oxygen atoms in total. The number of quaternary nitrogens is 1. The van der Waals surface area contributed by atoms with Gasteiger partial charge in [0.1, 0.15) is 11.7 Å². The molecule has 49 heavy (non-hydrogen) atoms. The lowest BCUT2D eigenvalue weighted by molar-refractivity contribution is -0.923. The van der Waals surface area contributed by atoms with Gasteiger partial charge in [-0.15, -0.1) is 0 Å². The molecule has 4 aliphatic rings. The van der Waals surface area contributed by atoms with Crippen LogP contribution in [0.3, 0.4) is 0 Å². The average Bonchev–Trinajstić information content (AvgIpc) is 3.68. The van der Waals surface area contributed by atoms with Crippen LogP contribution in [0.25, 0.3) is 0 Å². The second kappa shape index (κ2) is 17.3. The molecule has 0 aromatic carbocycles. The van der Waals surface area contributed by atoms with Gasteiger partial charge in [0.2, 0.25) is 0 Å². The second-order valence-corrected chi connectivity index (χ2v) is 16.5. The van der Waals surface area contributed by atoms with Gasteiger partial charge in [-0.05, 0) is 63.0 Å². The van der Waals surface area contributed by atoms with Gasteiger partial charge in [0, 0.05) is 57.0 Å². The van der Waals surface area contributed by atoms with Crippen molar-refractivity contribution in [2.24, 2.45) is 23.7 Å². The Balaban J connectivity index is 1.41. The summed E-state index contributed by atoms with van der Waals surface area (Å²) in [6.07, 6.45) is 15.5. The third-order valence-corrected chi connectivity index (χ3v) is 12.0. The number of allylic oxidation sites excluding steroid dienone is 3. The van der Waals surface area contributed by atoms with Gasteiger partial charge in [0.05, 0.1) is 44.5 Å². The van der Waals surface area contributed by atoms with E-state index in [1.807, 2.05) is 45.9 Å². The Morgan fingerprint density at radius 2 is 1.84 bits per heavy atom. The fourth-order valence-electron chi connectivity index (χ4n) is 8.24. The first-order valence-corrected chi connectivity index (χ1v) is 19.2. The predicted molar refractivity (Wildman–Crippen MR) is 193 cm³/mol. The summed E-state index contributed by atoms with van der Waals surface area (Å²) in [6.45, 7) is 17.7. The molecule has 1 amide bonds. The monoisotopic (exact) mass is 687 g/mol. The number of piperidine rings is 1. The van der Waals surface area contributed by atoms with Crippen molar-refractivity contribution in [2.45, 2.75) is 148 Å². The first-order chi connectivity index (χ1) is 23.1. The third-order valence-electron chi connectivity index (χ3n) is 12.0. The number of amides is 1. The Kier molecular flexibility index (Phi) is 14.0. The van der Waals surface area contributed by atoms with E-state index in [0.29, 0.717) is 32.0 Å². The number of rotatable bonds is 10. The Morgan fingerprint density at radius 1 is 1.16 bits per heavy atom. The molecule has 0 aliphatic carbocycles. The molecule has 3 fully saturated rings. The molecule has 4 rings (SSSR count). The Hall–Kier alpha value is -2.20. The zero-order valence-electron chi connectivity index (χ0n) is 31.7. The summed E-state index contributed by atoms with van der Waals surface area (Å²) in [4.78, 5) is 28.3. The number of hydrogen-bond acceptors (Lipinski definition) is 7. The first kappa shape index (κ1) is 39.6. The number of aliphatic hydroxyl groups is 2. The Labute approximate surface area is 296 Å². The lowest BCUT2D eigenvalue weighted by atomic mass is 9.87. The molecule has 4 aliphatic heterocycles. The number of esters is 1. The van der Waals surface area contributed by atoms with Crippen molar-refractivity contribution in [3.05, 3.63) is 36.0 Å². The molecule has 0 unspecified atom stereocenters. The molecular weight excluding hydrogens is 620 g/mol. The van der Waals surface area contributed by atoms with E-state index in [1.54, 1.807) is 17.9 Å². The molecule has 2 N–H and O–H groups in total. The molecule has 3 saturated heterocycles. The summed E-state index contributed by atoms with van der Waals surface area (Å²) >= 11 is 0. The Bertz CT molecular complexity index is 1180. The first-order valence-electron chi connectivity index (χ1n) is 19.2. The van der Waals surface area contributed by atoms with Gasteiger partial charge in [-0.2, -0.15) is 0 Å². The number of cyclic esters (lactones) is 1. The summed E-state index contributed by atoms with van der Waals surface area (Å²) in [6, 6.07) is 0.584. The summed E-state index contributed by atoms with van der Waals surface area (Å²) in [5.74, 6) is -0.0423. The van der Waals surface area contributed by atoms with E-state index in [-0.39, 0.29) is 60.5 Å². The number of aliphatic hydroxyl groups excluding tert-OH is 1. The number of carbonyl (C=O) groups is 2. The van der Waals surface area contributed by atoms with E-state index in [4.69, 9.17) is 14.2 Å². The van der Waals surface area contributed by atoms with E-state index in [2.05, 4.69) is 27.0 Å². The lowest BCUT2D eigenvalue weighted by Crippen LogP contribution is -2.55. The number of likely N-dealkylation sites (tertiary alicyclic amines) is 2. The van der Waals surface area contributed by atoms with Crippen LogP contribution in [0.1, 0.15) is 106 Å². The van der Waals surface area contributed by atoms with Gasteiger partial charge >= 0.3 is 12.1 Å². The molecular formula is C40H67N2O7+. The maximum Gasteiger partial charge on any atom is 0.410 e. The standard InChI is InChI=1S/C40H67N2O7/c1-9-33(43)31(6)38-34(47-38)25-27(2)13-12-14-29(4)37-30(5)15-16-35(40(7,46)20-17-28(3)26-36(44)49-37)48-39(45)41-21-18-32(19-22-41)42(8)23-10-11-24-42/h12-16,27-28,30-35,37-38,43,46H,9-11,17-26H2,1-8H3/q+1/b13-12+,16-15+,29-14+/t27-,28-,30+,31-,33+,34-,35+,37-,38-,40-/m1/s1. The summed E-state index contributed by atoms with van der Waals surface area (Å²) in [7, 11) is 2.36. The molecule has 278 valence electrons. The average molecular weight is 688 g/mol. The van der Waals surface area contributed by atoms with Crippen LogP contribution in [0.4, 0.5) is 4.79 Å². The van der Waals surface area contributed by atoms with Gasteiger partial charge in [0.15, 0.2) is 6.10 Å². The highest BCUT2D eigenvalue weighted by Crippen LogP contribution is 2.37. The van der Waals surface area contributed by atoms with Gasteiger partial charge in [-0.1, -0.05) is 58.9 Å². The summed E-state index contributed by atoms with van der Waals surface area (Å²) < 4.78 is 19.2. The molecule has 0 bridgehead atoms. The van der Waals surface area contributed by atoms with Crippen LogP contribution < -0.4 is 0 Å². The zero-order chi connectivity index (χ0) is 35.9. The highest BCUT2D eigenvalue weighted by molar-refractivity contribution is 5.70. The minimum absolute atomic E-state index is 0.00320. The van der Waals surface area contributed by atoms with Crippen molar-refractivity contribution in [1.29, 1.82) is 0 Å². The van der Waals surface area contributed by atoms with Crippen LogP contribution >= 0.6 is 0 Å². The van der Waals surface area contributed by atoms with Crippen molar-refractivity contribution in [2.75, 3.05) is 33.2 Å². The van der Waals surface area contributed by atoms with Crippen molar-refractivity contribution in [1.82, 2.24) is 4.90 Å². The fourth-order valence-corrected chi connectivity index (χ4v) is 8.24. The maximum atomic E-state index is 13.5. The molecule has 0 saturated carbocycles. The normalized spacial score (nSPS) is 35.9. The van der Waals surface area contributed by atoms with Gasteiger partial charge in [-0.3, -0.25) is 4.79 Å². The van der Waals surface area contributed by atoms with Crippen molar-refractivity contribution in [3.63, 3.8) is 0 Å². The molecule has 0 aromatic rings. The molecule has 0 spiro atoms. The van der Waals surface area contributed by atoms with Crippen LogP contribution in [0.5, 0.6) is 0 Å². The van der Waals surface area contributed by atoms with Crippen LogP contribution in [0, 0.1) is 23.7 Å². The quantitative estimate of drug-likeness (QED) is 0.0879. The molecule has 4 heterocycles. The molecule has 0 radical (unpaired) electrons. The number of nitrogens with zero attached hydrogens (tertiary/aromatic N) is 2. The smallest absolute Gasteiger partial charge is 0.410 e. The fraction of sp³-hybridized carbons (Fsp3) is 0.800. The van der Waals surface area contributed by atoms with E-state index >= 15 is 0 Å². The van der Waals surface area contributed by atoms with Crippen molar-refractivity contribution < 1.29 is 38.5 Å². The number of epoxide rings is 1. The highest BCUT2D eigenvalue weighted by Gasteiger charge is 2.45. The highest BCUT2D eigenvalue weighted by atomic mass is 16.6. The Morgan fingerprint density at radius 3 is 2.49 bits per heavy atom. The SMILES string of the molecule is CC[C@H](O)[C@@H](C)[C@H]1O[C@@H]1C[C@H](C)/C=C/C=C(\C)[C@H]1OC(=O)C[C@H](C)CC[C@@](C)(O)[C@@H](OC(=O)N2CCC([N+]3(C)CCCC3)CC2)/C=C/[C@@H]1C. The third kappa shape index (κ3) is 10.9. The van der Waals surface area contributed by atoms with Gasteiger partial charge in [0.25, 0.3) is 0 Å². The second-order valence-electron chi connectivity index (χ2n) is 16.5. The molecule has 0 aromatic heterocycles. The number of ether oxygens (including phenoxy) is 3. The number of carbonyl (C=O) groups excluding carboxylic acids is 2. The van der Waals surface area contributed by atoms with Crippen LogP contribution in [0.2, 0.25) is 0 Å². The van der Waals surface area contributed by atoms with Gasteiger partial charge < -0.3 is 33.8 Å². The summed E-state index contributed by atoms with van der Waals surface area (Å²) in [5, 5.41) is 21.8. The largest absolute Gasteiger partial charge is 0.457 e. The molecule has 10 atom stereocenters. The zero-order valence-corrected chi connectivity index (χ0v) is 31.7. The van der Waals surface area contributed by atoms with E-state index < -0.39 is 17.8 Å². The van der Waals surface area contributed by atoms with Crippen molar-refractivity contribution in [3.8, 4) is 0 Å². The minimum Gasteiger partial charge on any atom is -0.457 e. The van der Waals surface area contributed by atoms with Gasteiger partial charge in [-0.25, -0.2) is 4.79 Å². The van der Waals surface area contributed by atoms with Crippen LogP contribution in [-0.4, -0.2) is 107 Å². The lowest BCUT2D eigenvalue weighted by Gasteiger charge is -2.43. The van der Waals surface area contributed by atoms with Crippen LogP contribution in [0.15, 0.2) is 36.0 Å². The van der Waals surface area contributed by atoms with E-state index in [9.17, 15) is 19.8 Å².